The first-order valence-electron chi connectivity index (χ1n) is 10.6. The molecule has 0 aliphatic rings. The van der Waals surface area contributed by atoms with E-state index >= 15 is 0 Å². The Balaban J connectivity index is 1.45. The van der Waals surface area contributed by atoms with Crippen molar-refractivity contribution in [3.8, 4) is 11.5 Å². The van der Waals surface area contributed by atoms with Gasteiger partial charge in [0.1, 0.15) is 18.1 Å². The number of carbonyl (C=O) groups excluding carboxylic acids is 1. The van der Waals surface area contributed by atoms with Gasteiger partial charge in [0.25, 0.3) is 5.91 Å². The number of ether oxygens (including phenoxy) is 1. The van der Waals surface area contributed by atoms with Crippen molar-refractivity contribution in [2.75, 3.05) is 4.90 Å². The summed E-state index contributed by atoms with van der Waals surface area (Å²) in [5.41, 5.74) is 3.12. The highest BCUT2D eigenvalue weighted by atomic mass is 16.5. The maximum absolute atomic E-state index is 13.1. The van der Waals surface area contributed by atoms with E-state index in [1.807, 2.05) is 72.8 Å². The molecule has 33 heavy (non-hydrogen) atoms. The maximum atomic E-state index is 13.1. The SMILES string of the molecule is O=C(/C=C/c1ccc(OCc2ccccc2)cc1)N(Cc1ccccn1)c1ccccc1O. The molecule has 4 aromatic rings. The third kappa shape index (κ3) is 6.08. The Hall–Kier alpha value is -4.38. The molecule has 1 aromatic heterocycles. The Bertz CT molecular complexity index is 1210. The van der Waals surface area contributed by atoms with Gasteiger partial charge in [-0.05, 0) is 53.6 Å². The fourth-order valence-corrected chi connectivity index (χ4v) is 3.30. The van der Waals surface area contributed by atoms with Gasteiger partial charge >= 0.3 is 0 Å². The number of phenolic OH excluding ortho intramolecular Hbond substituents is 1. The van der Waals surface area contributed by atoms with E-state index in [0.717, 1.165) is 22.6 Å². The van der Waals surface area contributed by atoms with Crippen LogP contribution >= 0.6 is 0 Å². The zero-order valence-electron chi connectivity index (χ0n) is 18.0. The lowest BCUT2D eigenvalue weighted by atomic mass is 10.2. The van der Waals surface area contributed by atoms with Crippen molar-refractivity contribution in [2.45, 2.75) is 13.2 Å². The number of aromatic nitrogens is 1. The van der Waals surface area contributed by atoms with Crippen LogP contribution in [0, 0.1) is 0 Å². The number of hydrogen-bond donors (Lipinski definition) is 1. The number of rotatable bonds is 8. The van der Waals surface area contributed by atoms with Crippen molar-refractivity contribution in [3.05, 3.63) is 126 Å². The van der Waals surface area contributed by atoms with Crippen LogP contribution in [0.2, 0.25) is 0 Å². The largest absolute Gasteiger partial charge is 0.506 e. The molecule has 1 N–H and O–H groups in total. The summed E-state index contributed by atoms with van der Waals surface area (Å²) in [6.45, 7) is 0.741. The number of nitrogens with zero attached hydrogens (tertiary/aromatic N) is 2. The lowest BCUT2D eigenvalue weighted by molar-refractivity contribution is -0.114. The van der Waals surface area contributed by atoms with Gasteiger partial charge in [0, 0.05) is 12.3 Å². The molecule has 0 saturated carbocycles. The second-order valence-corrected chi connectivity index (χ2v) is 7.41. The van der Waals surface area contributed by atoms with Gasteiger partial charge in [-0.1, -0.05) is 60.7 Å². The van der Waals surface area contributed by atoms with Gasteiger partial charge in [0.15, 0.2) is 0 Å². The van der Waals surface area contributed by atoms with E-state index in [2.05, 4.69) is 4.98 Å². The van der Waals surface area contributed by atoms with Gasteiger partial charge in [0.2, 0.25) is 0 Å². The number of para-hydroxylation sites is 2. The van der Waals surface area contributed by atoms with Crippen LogP contribution in [-0.4, -0.2) is 16.0 Å². The minimum absolute atomic E-state index is 0.0371. The molecule has 1 amide bonds. The second kappa shape index (κ2) is 10.8. The predicted molar refractivity (Wildman–Crippen MR) is 130 cm³/mol. The average molecular weight is 437 g/mol. The average Bonchev–Trinajstić information content (AvgIpc) is 2.87. The van der Waals surface area contributed by atoms with Crippen LogP contribution in [0.15, 0.2) is 109 Å². The monoisotopic (exact) mass is 436 g/mol. The lowest BCUT2D eigenvalue weighted by Crippen LogP contribution is -2.29. The summed E-state index contributed by atoms with van der Waals surface area (Å²) in [4.78, 5) is 18.9. The first-order valence-corrected chi connectivity index (χ1v) is 10.6. The Kier molecular flexibility index (Phi) is 7.13. The number of carbonyl (C=O) groups is 1. The van der Waals surface area contributed by atoms with Crippen LogP contribution < -0.4 is 9.64 Å². The minimum atomic E-state index is -0.258. The van der Waals surface area contributed by atoms with Gasteiger partial charge in [-0.25, -0.2) is 0 Å². The Labute approximate surface area is 193 Å². The smallest absolute Gasteiger partial charge is 0.251 e. The van der Waals surface area contributed by atoms with E-state index in [1.54, 1.807) is 36.5 Å². The maximum Gasteiger partial charge on any atom is 0.251 e. The molecular formula is C28H24N2O3. The quantitative estimate of drug-likeness (QED) is 0.365. The van der Waals surface area contributed by atoms with Gasteiger partial charge in [-0.3, -0.25) is 14.7 Å². The van der Waals surface area contributed by atoms with Gasteiger partial charge in [0.05, 0.1) is 17.9 Å². The van der Waals surface area contributed by atoms with E-state index in [4.69, 9.17) is 4.74 Å². The lowest BCUT2D eigenvalue weighted by Gasteiger charge is -2.22. The van der Waals surface area contributed by atoms with E-state index in [9.17, 15) is 9.90 Å². The van der Waals surface area contributed by atoms with Crippen molar-refractivity contribution in [3.63, 3.8) is 0 Å². The predicted octanol–water partition coefficient (Wildman–Crippen LogP) is 5.61. The molecule has 0 saturated heterocycles. The molecule has 1 heterocycles. The molecule has 0 fully saturated rings. The number of anilines is 1. The molecule has 0 aliphatic heterocycles. The second-order valence-electron chi connectivity index (χ2n) is 7.41. The normalized spacial score (nSPS) is 10.8. The van der Waals surface area contributed by atoms with Crippen LogP contribution in [0.5, 0.6) is 11.5 Å². The zero-order chi connectivity index (χ0) is 22.9. The van der Waals surface area contributed by atoms with Crippen molar-refractivity contribution < 1.29 is 14.6 Å². The molecule has 0 bridgehead atoms. The highest BCUT2D eigenvalue weighted by Gasteiger charge is 2.17. The molecule has 5 heteroatoms. The summed E-state index contributed by atoms with van der Waals surface area (Å²) in [6, 6.07) is 29.8. The molecule has 164 valence electrons. The third-order valence-corrected chi connectivity index (χ3v) is 5.03. The van der Waals surface area contributed by atoms with Gasteiger partial charge < -0.3 is 9.84 Å². The molecule has 0 unspecified atom stereocenters. The van der Waals surface area contributed by atoms with E-state index in [-0.39, 0.29) is 18.2 Å². The summed E-state index contributed by atoms with van der Waals surface area (Å²) in [6.07, 6.45) is 4.92. The molecule has 0 atom stereocenters. The topological polar surface area (TPSA) is 62.7 Å². The summed E-state index contributed by atoms with van der Waals surface area (Å²) < 4.78 is 5.81. The molecule has 0 radical (unpaired) electrons. The van der Waals surface area contributed by atoms with Crippen molar-refractivity contribution in [1.29, 1.82) is 0 Å². The molecule has 3 aromatic carbocycles. The Morgan fingerprint density at radius 1 is 0.879 bits per heavy atom. The molecule has 0 spiro atoms. The molecule has 4 rings (SSSR count). The molecular weight excluding hydrogens is 412 g/mol. The highest BCUT2D eigenvalue weighted by molar-refractivity contribution is 6.04. The fourth-order valence-electron chi connectivity index (χ4n) is 3.30. The van der Waals surface area contributed by atoms with Gasteiger partial charge in [-0.15, -0.1) is 0 Å². The third-order valence-electron chi connectivity index (χ3n) is 5.03. The summed E-state index contributed by atoms with van der Waals surface area (Å²) in [7, 11) is 0. The summed E-state index contributed by atoms with van der Waals surface area (Å²) >= 11 is 0. The zero-order valence-corrected chi connectivity index (χ0v) is 18.0. The van der Waals surface area contributed by atoms with Crippen LogP contribution in [0.4, 0.5) is 5.69 Å². The number of aromatic hydroxyl groups is 1. The number of benzene rings is 3. The van der Waals surface area contributed by atoms with Crippen LogP contribution in [-0.2, 0) is 17.9 Å². The Morgan fingerprint density at radius 3 is 2.33 bits per heavy atom. The van der Waals surface area contributed by atoms with Gasteiger partial charge in [-0.2, -0.15) is 0 Å². The van der Waals surface area contributed by atoms with Crippen LogP contribution in [0.25, 0.3) is 6.08 Å². The Morgan fingerprint density at radius 2 is 1.61 bits per heavy atom. The minimum Gasteiger partial charge on any atom is -0.506 e. The number of pyridine rings is 1. The molecule has 5 nitrogen and oxygen atoms in total. The van der Waals surface area contributed by atoms with Crippen molar-refractivity contribution >= 4 is 17.7 Å². The molecule has 0 aliphatic carbocycles. The van der Waals surface area contributed by atoms with E-state index in [0.29, 0.717) is 12.3 Å². The number of phenols is 1. The van der Waals surface area contributed by atoms with Crippen molar-refractivity contribution in [2.24, 2.45) is 0 Å². The standard InChI is InChI=1S/C28H24N2O3/c31-27-12-5-4-11-26(27)30(20-24-10-6-7-19-29-24)28(32)18-15-22-13-16-25(17-14-22)33-21-23-8-2-1-3-9-23/h1-19,31H,20-21H2/b18-15+. The summed E-state index contributed by atoms with van der Waals surface area (Å²) in [5, 5.41) is 10.3. The van der Waals surface area contributed by atoms with Crippen LogP contribution in [0.3, 0.4) is 0 Å². The number of hydrogen-bond acceptors (Lipinski definition) is 4. The van der Waals surface area contributed by atoms with E-state index in [1.165, 1.54) is 11.0 Å². The fraction of sp³-hybridized carbons (Fsp3) is 0.0714. The van der Waals surface area contributed by atoms with Crippen LogP contribution in [0.1, 0.15) is 16.8 Å². The highest BCUT2D eigenvalue weighted by Crippen LogP contribution is 2.28. The first-order chi connectivity index (χ1) is 16.2. The number of amides is 1. The summed E-state index contributed by atoms with van der Waals surface area (Å²) in [5.74, 6) is 0.537. The first kappa shape index (κ1) is 21.8. The van der Waals surface area contributed by atoms with E-state index < -0.39 is 0 Å². The van der Waals surface area contributed by atoms with Crippen molar-refractivity contribution in [1.82, 2.24) is 4.98 Å².